The molecule has 1 amide bonds. The fraction of sp³-hybridized carbons (Fsp3) is 0.286. The Labute approximate surface area is 77.4 Å². The maximum Gasteiger partial charge on any atom is 0.353 e. The maximum atomic E-state index is 11.0. The summed E-state index contributed by atoms with van der Waals surface area (Å²) in [5.41, 5.74) is -0.166. The molecule has 2 aliphatic heterocycles. The van der Waals surface area contributed by atoms with E-state index in [0.29, 0.717) is 12.7 Å². The summed E-state index contributed by atoms with van der Waals surface area (Å²) in [6, 6.07) is 0. The lowest BCUT2D eigenvalue weighted by atomic mass is 10.1. The van der Waals surface area contributed by atoms with Gasteiger partial charge in [0.25, 0.3) is 0 Å². The Morgan fingerprint density at radius 1 is 1.69 bits per heavy atom. The molecule has 0 aromatic rings. The second-order valence-electron chi connectivity index (χ2n) is 2.68. The molecule has 0 unspecified atom stereocenters. The molecule has 5 nitrogen and oxygen atoms in total. The Morgan fingerprint density at radius 3 is 2.85 bits per heavy atom. The molecule has 6 heteroatoms. The van der Waals surface area contributed by atoms with E-state index in [1.54, 1.807) is 0 Å². The van der Waals surface area contributed by atoms with Gasteiger partial charge < -0.3 is 5.11 Å². The van der Waals surface area contributed by atoms with Gasteiger partial charge in [-0.15, -0.1) is 0 Å². The minimum Gasteiger partial charge on any atom is -0.477 e. The minimum absolute atomic E-state index is 0.142. The van der Waals surface area contributed by atoms with Gasteiger partial charge in [-0.05, 0) is 0 Å². The summed E-state index contributed by atoms with van der Waals surface area (Å²) < 4.78 is 0. The molecule has 13 heavy (non-hydrogen) atoms. The predicted octanol–water partition coefficient (Wildman–Crippen LogP) is -0.213. The van der Waals surface area contributed by atoms with Crippen LogP contribution in [0.2, 0.25) is 0 Å². The Morgan fingerprint density at radius 2 is 2.38 bits per heavy atom. The van der Waals surface area contributed by atoms with Crippen LogP contribution in [0.1, 0.15) is 6.42 Å². The molecule has 2 rings (SSSR count). The average molecular weight is 199 g/mol. The number of allylic oxidation sites excluding steroid dienone is 1. The van der Waals surface area contributed by atoms with Gasteiger partial charge in [0.05, 0.1) is 16.7 Å². The van der Waals surface area contributed by atoms with E-state index in [-0.39, 0.29) is 21.9 Å². The van der Waals surface area contributed by atoms with Gasteiger partial charge in [0, 0.05) is 0 Å². The summed E-state index contributed by atoms with van der Waals surface area (Å²) in [6.07, 6.45) is 0.804. The Hall–Kier alpha value is -1.30. The average Bonchev–Trinajstić information content (AvgIpc) is 2.37. The molecule has 0 spiro atoms. The summed E-state index contributed by atoms with van der Waals surface area (Å²) in [7, 11) is 0. The van der Waals surface area contributed by atoms with Crippen molar-refractivity contribution in [3.63, 3.8) is 0 Å². The van der Waals surface area contributed by atoms with Crippen LogP contribution in [0.4, 0.5) is 0 Å². The highest BCUT2D eigenvalue weighted by Gasteiger charge is 2.48. The smallest absolute Gasteiger partial charge is 0.353 e. The van der Waals surface area contributed by atoms with Gasteiger partial charge in [-0.25, -0.2) is 4.79 Å². The molecule has 1 atom stereocenters. The first kappa shape index (κ1) is 8.31. The van der Waals surface area contributed by atoms with Gasteiger partial charge in [-0.1, -0.05) is 11.8 Å². The lowest BCUT2D eigenvalue weighted by Crippen LogP contribution is -2.48. The third-order valence-electron chi connectivity index (χ3n) is 1.95. The van der Waals surface area contributed by atoms with Crippen LogP contribution in [0.25, 0.3) is 0 Å². The molecule has 0 radical (unpaired) electrons. The van der Waals surface area contributed by atoms with E-state index in [0.717, 1.165) is 16.7 Å². The van der Waals surface area contributed by atoms with Gasteiger partial charge in [0.15, 0.2) is 6.29 Å². The first-order chi connectivity index (χ1) is 6.15. The van der Waals surface area contributed by atoms with Gasteiger partial charge in [-0.3, -0.25) is 14.5 Å². The van der Waals surface area contributed by atoms with Crippen molar-refractivity contribution >= 4 is 29.9 Å². The summed E-state index contributed by atoms with van der Waals surface area (Å²) in [4.78, 5) is 33.4. The van der Waals surface area contributed by atoms with E-state index in [4.69, 9.17) is 5.11 Å². The number of carboxylic acid groups (broad SMARTS) is 1. The third kappa shape index (κ3) is 0.983. The Kier molecular flexibility index (Phi) is 1.66. The van der Waals surface area contributed by atoms with E-state index < -0.39 is 5.97 Å². The predicted molar refractivity (Wildman–Crippen MR) is 43.6 cm³/mol. The lowest BCUT2D eigenvalue weighted by molar-refractivity contribution is -0.145. The summed E-state index contributed by atoms with van der Waals surface area (Å²) in [5, 5.41) is 8.56. The van der Waals surface area contributed by atoms with Crippen LogP contribution in [-0.2, 0) is 14.4 Å². The highest BCUT2D eigenvalue weighted by atomic mass is 32.2. The van der Waals surface area contributed by atoms with Crippen molar-refractivity contribution in [2.45, 2.75) is 11.8 Å². The quantitative estimate of drug-likeness (QED) is 0.492. The maximum absolute atomic E-state index is 11.0. The number of β-lactam (4-membered cyclic amide) rings is 1. The second kappa shape index (κ2) is 2.59. The number of carboxylic acids is 1. The number of nitrogens with zero attached hydrogens (tertiary/aromatic N) is 1. The minimum atomic E-state index is -1.22. The van der Waals surface area contributed by atoms with Gasteiger partial charge in [-0.2, -0.15) is 0 Å². The molecule has 1 N–H and O–H groups in total. The van der Waals surface area contributed by atoms with Crippen LogP contribution in [-0.4, -0.2) is 33.5 Å². The van der Waals surface area contributed by atoms with E-state index >= 15 is 0 Å². The normalized spacial score (nSPS) is 25.7. The highest BCUT2D eigenvalue weighted by molar-refractivity contribution is 8.04. The van der Waals surface area contributed by atoms with Crippen LogP contribution in [0.5, 0.6) is 0 Å². The molecule has 2 aliphatic rings. The van der Waals surface area contributed by atoms with Crippen LogP contribution >= 0.6 is 11.8 Å². The molecule has 0 saturated carbocycles. The number of fused-ring (bicyclic) bond motifs is 1. The van der Waals surface area contributed by atoms with E-state index in [1.807, 2.05) is 0 Å². The fourth-order valence-electron chi connectivity index (χ4n) is 1.36. The van der Waals surface area contributed by atoms with Crippen LogP contribution in [0.15, 0.2) is 10.6 Å². The number of amides is 1. The van der Waals surface area contributed by atoms with E-state index in [9.17, 15) is 14.4 Å². The summed E-state index contributed by atoms with van der Waals surface area (Å²) in [6.45, 7) is 0. The monoisotopic (exact) mass is 199 g/mol. The van der Waals surface area contributed by atoms with Crippen molar-refractivity contribution in [1.29, 1.82) is 0 Å². The summed E-state index contributed by atoms with van der Waals surface area (Å²) in [5.74, 6) is -1.45. The molecule has 0 aromatic heterocycles. The molecule has 0 aromatic carbocycles. The highest BCUT2D eigenvalue weighted by Crippen LogP contribution is 2.44. The Balaban J connectivity index is 2.40. The van der Waals surface area contributed by atoms with Crippen molar-refractivity contribution in [3.8, 4) is 0 Å². The van der Waals surface area contributed by atoms with Crippen LogP contribution in [0.3, 0.4) is 0 Å². The molecule has 1 saturated heterocycles. The first-order valence-electron chi connectivity index (χ1n) is 3.56. The third-order valence-corrected chi connectivity index (χ3v) is 3.15. The topological polar surface area (TPSA) is 74.7 Å². The summed E-state index contributed by atoms with van der Waals surface area (Å²) >= 11 is 1.14. The SMILES string of the molecule is O=CC1=C(C(=O)O)N2C(=O)C[C@@H]2S1. The van der Waals surface area contributed by atoms with Crippen LogP contribution in [0, 0.1) is 0 Å². The number of carbonyl (C=O) groups is 3. The standard InChI is InChI=1S/C7H5NO4S/c9-2-3-6(7(11)12)8-4(10)1-5(8)13-3/h2,5H,1H2,(H,11,12)/t5-/m0/s1. The van der Waals surface area contributed by atoms with Gasteiger partial charge in [0.2, 0.25) is 5.91 Å². The molecule has 2 heterocycles. The van der Waals surface area contributed by atoms with Crippen molar-refractivity contribution in [3.05, 3.63) is 10.6 Å². The van der Waals surface area contributed by atoms with Crippen molar-refractivity contribution in [2.75, 3.05) is 0 Å². The largest absolute Gasteiger partial charge is 0.477 e. The lowest BCUT2D eigenvalue weighted by Gasteiger charge is -2.33. The zero-order valence-electron chi connectivity index (χ0n) is 6.39. The number of aliphatic carboxylic acids is 1. The van der Waals surface area contributed by atoms with Crippen molar-refractivity contribution < 1.29 is 19.5 Å². The molecule has 0 bridgehead atoms. The van der Waals surface area contributed by atoms with Gasteiger partial charge in [0.1, 0.15) is 5.70 Å². The second-order valence-corrected chi connectivity index (χ2v) is 3.90. The molecule has 68 valence electrons. The van der Waals surface area contributed by atoms with Gasteiger partial charge >= 0.3 is 5.97 Å². The number of hydrogen-bond acceptors (Lipinski definition) is 4. The van der Waals surface area contributed by atoms with Crippen molar-refractivity contribution in [2.24, 2.45) is 0 Å². The van der Waals surface area contributed by atoms with Crippen LogP contribution < -0.4 is 0 Å². The van der Waals surface area contributed by atoms with Crippen molar-refractivity contribution in [1.82, 2.24) is 4.90 Å². The zero-order valence-corrected chi connectivity index (χ0v) is 7.21. The number of thioether (sulfide) groups is 1. The zero-order chi connectivity index (χ0) is 9.59. The van der Waals surface area contributed by atoms with E-state index in [1.165, 1.54) is 0 Å². The fourth-order valence-corrected chi connectivity index (χ4v) is 2.56. The Bertz CT molecular complexity index is 348. The number of hydrogen-bond donors (Lipinski definition) is 1. The number of rotatable bonds is 2. The number of aldehydes is 1. The number of carbonyl (C=O) groups excluding carboxylic acids is 2. The first-order valence-corrected chi connectivity index (χ1v) is 4.44. The van der Waals surface area contributed by atoms with E-state index in [2.05, 4.69) is 0 Å². The molecule has 1 fully saturated rings. The molecule has 0 aliphatic carbocycles. The molecular weight excluding hydrogens is 194 g/mol. The molecular formula is C7H5NO4S.